The number of carbonyl (C=O) groups is 1. The summed E-state index contributed by atoms with van der Waals surface area (Å²) in [5, 5.41) is 2.57. The first-order valence-electron chi connectivity index (χ1n) is 8.10. The van der Waals surface area contributed by atoms with E-state index in [1.54, 1.807) is 19.1 Å². The van der Waals surface area contributed by atoms with E-state index >= 15 is 0 Å². The number of sulfonamides is 1. The first kappa shape index (κ1) is 20.4. The lowest BCUT2D eigenvalue weighted by molar-refractivity contribution is -0.114. The molecule has 0 radical (unpaired) electrons. The number of anilines is 2. The lowest BCUT2D eigenvalue weighted by Gasteiger charge is -2.15. The molecule has 1 amide bonds. The van der Waals surface area contributed by atoms with E-state index in [1.807, 2.05) is 0 Å². The third-order valence-corrected chi connectivity index (χ3v) is 4.89. The zero-order valence-electron chi connectivity index (χ0n) is 15.5. The van der Waals surface area contributed by atoms with Gasteiger partial charge in [0, 0.05) is 13.0 Å². The number of carbonyl (C=O) groups excluding carboxylic acids is 1. The van der Waals surface area contributed by atoms with Gasteiger partial charge in [-0.25, -0.2) is 8.42 Å². The Balaban J connectivity index is 2.43. The first-order valence-corrected chi connectivity index (χ1v) is 9.58. The fraction of sp³-hybridized carbons (Fsp3) is 0.278. The van der Waals surface area contributed by atoms with Crippen LogP contribution >= 0.6 is 0 Å². The second kappa shape index (κ2) is 8.63. The van der Waals surface area contributed by atoms with Gasteiger partial charge in [-0.2, -0.15) is 0 Å². The van der Waals surface area contributed by atoms with Gasteiger partial charge in [-0.1, -0.05) is 0 Å². The van der Waals surface area contributed by atoms with Crippen LogP contribution in [0, 0.1) is 0 Å². The molecule has 0 saturated heterocycles. The highest BCUT2D eigenvalue weighted by Gasteiger charge is 2.19. The molecule has 2 N–H and O–H groups in total. The molecule has 0 spiro atoms. The van der Waals surface area contributed by atoms with Crippen molar-refractivity contribution in [1.29, 1.82) is 0 Å². The molecule has 8 nitrogen and oxygen atoms in total. The Bertz CT molecular complexity index is 927. The molecule has 0 aromatic heterocycles. The highest BCUT2D eigenvalue weighted by Crippen LogP contribution is 2.33. The maximum atomic E-state index is 12.8. The summed E-state index contributed by atoms with van der Waals surface area (Å²) in [6.45, 7) is 3.49. The molecule has 0 fully saturated rings. The van der Waals surface area contributed by atoms with Crippen LogP contribution < -0.4 is 24.2 Å². The van der Waals surface area contributed by atoms with Crippen LogP contribution in [0.5, 0.6) is 17.2 Å². The van der Waals surface area contributed by atoms with Crippen molar-refractivity contribution in [2.24, 2.45) is 0 Å². The van der Waals surface area contributed by atoms with Crippen LogP contribution in [0.3, 0.4) is 0 Å². The van der Waals surface area contributed by atoms with Crippen LogP contribution in [0.2, 0.25) is 0 Å². The van der Waals surface area contributed by atoms with E-state index in [-0.39, 0.29) is 22.2 Å². The fourth-order valence-electron chi connectivity index (χ4n) is 2.34. The molecule has 0 bridgehead atoms. The molecule has 27 heavy (non-hydrogen) atoms. The van der Waals surface area contributed by atoms with E-state index in [4.69, 9.17) is 14.2 Å². The van der Waals surface area contributed by atoms with E-state index < -0.39 is 10.0 Å². The SMILES string of the molecule is CCOc1ccc(S(=O)(=O)Nc2cc(OC)ccc2OC)cc1NC(C)=O. The molecular formula is C18H22N2O6S. The molecule has 2 aromatic rings. The summed E-state index contributed by atoms with van der Waals surface area (Å²) in [6.07, 6.45) is 0. The van der Waals surface area contributed by atoms with Crippen molar-refractivity contribution < 1.29 is 27.4 Å². The van der Waals surface area contributed by atoms with Crippen LogP contribution in [0.4, 0.5) is 11.4 Å². The molecule has 0 aliphatic carbocycles. The summed E-state index contributed by atoms with van der Waals surface area (Å²) >= 11 is 0. The number of rotatable bonds is 8. The van der Waals surface area contributed by atoms with Gasteiger partial charge < -0.3 is 19.5 Å². The minimum absolute atomic E-state index is 0.0421. The Kier molecular flexibility index (Phi) is 6.51. The molecule has 146 valence electrons. The van der Waals surface area contributed by atoms with Gasteiger partial charge in [-0.05, 0) is 37.3 Å². The maximum absolute atomic E-state index is 12.8. The smallest absolute Gasteiger partial charge is 0.262 e. The lowest BCUT2D eigenvalue weighted by atomic mass is 10.3. The summed E-state index contributed by atoms with van der Waals surface area (Å²) in [5.41, 5.74) is 0.497. The van der Waals surface area contributed by atoms with Crippen molar-refractivity contribution in [3.8, 4) is 17.2 Å². The Labute approximate surface area is 158 Å². The van der Waals surface area contributed by atoms with Gasteiger partial charge in [0.1, 0.15) is 17.2 Å². The largest absolute Gasteiger partial charge is 0.497 e. The van der Waals surface area contributed by atoms with Gasteiger partial charge in [-0.3, -0.25) is 9.52 Å². The van der Waals surface area contributed by atoms with Crippen molar-refractivity contribution in [1.82, 2.24) is 0 Å². The number of benzene rings is 2. The highest BCUT2D eigenvalue weighted by atomic mass is 32.2. The number of nitrogens with one attached hydrogen (secondary N) is 2. The lowest BCUT2D eigenvalue weighted by Crippen LogP contribution is -2.15. The minimum Gasteiger partial charge on any atom is -0.497 e. The number of ether oxygens (including phenoxy) is 3. The van der Waals surface area contributed by atoms with Crippen molar-refractivity contribution >= 4 is 27.3 Å². The van der Waals surface area contributed by atoms with Gasteiger partial charge in [0.2, 0.25) is 5.91 Å². The zero-order chi connectivity index (χ0) is 20.0. The predicted molar refractivity (Wildman–Crippen MR) is 102 cm³/mol. The van der Waals surface area contributed by atoms with Gasteiger partial charge >= 0.3 is 0 Å². The first-order chi connectivity index (χ1) is 12.8. The third kappa shape index (κ3) is 5.04. The second-order valence-electron chi connectivity index (χ2n) is 5.44. The van der Waals surface area contributed by atoms with Crippen molar-refractivity contribution in [3.05, 3.63) is 36.4 Å². The Morgan fingerprint density at radius 1 is 1.00 bits per heavy atom. The van der Waals surface area contributed by atoms with E-state index in [9.17, 15) is 13.2 Å². The molecule has 0 unspecified atom stereocenters. The third-order valence-electron chi connectivity index (χ3n) is 3.52. The average molecular weight is 394 g/mol. The van der Waals surface area contributed by atoms with Gasteiger partial charge in [0.05, 0.1) is 37.1 Å². The van der Waals surface area contributed by atoms with Crippen LogP contribution in [0.15, 0.2) is 41.3 Å². The van der Waals surface area contributed by atoms with Crippen LogP contribution in [-0.2, 0) is 14.8 Å². The topological polar surface area (TPSA) is 103 Å². The molecule has 9 heteroatoms. The normalized spacial score (nSPS) is 10.8. The van der Waals surface area contributed by atoms with E-state index in [1.165, 1.54) is 45.4 Å². The Hall–Kier alpha value is -2.94. The monoisotopic (exact) mass is 394 g/mol. The number of amides is 1. The van der Waals surface area contributed by atoms with E-state index in [0.717, 1.165) is 0 Å². The summed E-state index contributed by atoms with van der Waals surface area (Å²) < 4.78 is 43.8. The molecular weight excluding hydrogens is 372 g/mol. The zero-order valence-corrected chi connectivity index (χ0v) is 16.3. The van der Waals surface area contributed by atoms with Crippen LogP contribution in [-0.4, -0.2) is 35.2 Å². The van der Waals surface area contributed by atoms with E-state index in [2.05, 4.69) is 10.0 Å². The van der Waals surface area contributed by atoms with Crippen molar-refractivity contribution in [3.63, 3.8) is 0 Å². The summed E-state index contributed by atoms with van der Waals surface area (Å²) in [5.74, 6) is 0.852. The summed E-state index contributed by atoms with van der Waals surface area (Å²) in [6, 6.07) is 8.98. The Morgan fingerprint density at radius 3 is 2.30 bits per heavy atom. The fourth-order valence-corrected chi connectivity index (χ4v) is 3.43. The number of hydrogen-bond acceptors (Lipinski definition) is 6. The molecule has 0 saturated carbocycles. The standard InChI is InChI=1S/C18H22N2O6S/c1-5-26-18-9-7-14(11-15(18)19-12(2)21)27(22,23)20-16-10-13(24-3)6-8-17(16)25-4/h6-11,20H,5H2,1-4H3,(H,19,21). The summed E-state index contributed by atoms with van der Waals surface area (Å²) in [4.78, 5) is 11.4. The maximum Gasteiger partial charge on any atom is 0.262 e. The number of methoxy groups -OCH3 is 2. The quantitative estimate of drug-likeness (QED) is 0.714. The molecule has 0 heterocycles. The Morgan fingerprint density at radius 2 is 1.70 bits per heavy atom. The van der Waals surface area contributed by atoms with Gasteiger partial charge in [0.25, 0.3) is 10.0 Å². The van der Waals surface area contributed by atoms with Crippen LogP contribution in [0.1, 0.15) is 13.8 Å². The average Bonchev–Trinajstić information content (AvgIpc) is 2.62. The molecule has 2 aromatic carbocycles. The molecule has 2 rings (SSSR count). The molecule has 0 atom stereocenters. The highest BCUT2D eigenvalue weighted by molar-refractivity contribution is 7.92. The molecule has 0 aliphatic rings. The minimum atomic E-state index is -3.95. The second-order valence-corrected chi connectivity index (χ2v) is 7.13. The van der Waals surface area contributed by atoms with Crippen LogP contribution in [0.25, 0.3) is 0 Å². The van der Waals surface area contributed by atoms with E-state index in [0.29, 0.717) is 23.9 Å². The predicted octanol–water partition coefficient (Wildman–Crippen LogP) is 2.86. The van der Waals surface area contributed by atoms with Gasteiger partial charge in [0.15, 0.2) is 0 Å². The number of hydrogen-bond donors (Lipinski definition) is 2. The summed E-state index contributed by atoms with van der Waals surface area (Å²) in [7, 11) is -1.04. The molecule has 0 aliphatic heterocycles. The van der Waals surface area contributed by atoms with Crippen molar-refractivity contribution in [2.45, 2.75) is 18.7 Å². The van der Waals surface area contributed by atoms with Gasteiger partial charge in [-0.15, -0.1) is 0 Å². The van der Waals surface area contributed by atoms with Crippen molar-refractivity contribution in [2.75, 3.05) is 30.9 Å².